The Morgan fingerprint density at radius 3 is 2.50 bits per heavy atom. The minimum Gasteiger partial charge on any atom is -0.355 e. The fraction of sp³-hybridized carbons (Fsp3) is 0.667. The van der Waals surface area contributed by atoms with E-state index in [-0.39, 0.29) is 11.3 Å². The molecular formula is C21H34N2O. The molecule has 1 N–H and O–H groups in total. The second-order valence-electron chi connectivity index (χ2n) is 8.60. The first-order valence-electron chi connectivity index (χ1n) is 9.35. The van der Waals surface area contributed by atoms with Gasteiger partial charge >= 0.3 is 0 Å². The molecule has 1 heterocycles. The topological polar surface area (TPSA) is 32.3 Å². The van der Waals surface area contributed by atoms with Gasteiger partial charge in [0.05, 0.1) is 0 Å². The van der Waals surface area contributed by atoms with Crippen molar-refractivity contribution in [2.24, 2.45) is 11.3 Å². The van der Waals surface area contributed by atoms with Gasteiger partial charge in [-0.1, -0.05) is 58.9 Å². The molecule has 1 saturated heterocycles. The van der Waals surface area contributed by atoms with Crippen molar-refractivity contribution in [3.05, 3.63) is 35.4 Å². The molecule has 24 heavy (non-hydrogen) atoms. The summed E-state index contributed by atoms with van der Waals surface area (Å²) in [5.41, 5.74) is 2.49. The number of benzene rings is 1. The molecule has 0 radical (unpaired) electrons. The first-order chi connectivity index (χ1) is 11.3. The number of likely N-dealkylation sites (tertiary alicyclic amines) is 1. The van der Waals surface area contributed by atoms with Crippen LogP contribution in [0.1, 0.15) is 64.5 Å². The number of nitrogens with one attached hydrogen (secondary N) is 1. The van der Waals surface area contributed by atoms with E-state index in [4.69, 9.17) is 0 Å². The highest BCUT2D eigenvalue weighted by Crippen LogP contribution is 2.20. The zero-order valence-corrected chi connectivity index (χ0v) is 16.1. The lowest BCUT2D eigenvalue weighted by Gasteiger charge is -2.33. The van der Waals surface area contributed by atoms with E-state index >= 15 is 0 Å². The average molecular weight is 331 g/mol. The summed E-state index contributed by atoms with van der Waals surface area (Å²) < 4.78 is 0. The minimum absolute atomic E-state index is 0.156. The van der Waals surface area contributed by atoms with E-state index in [1.165, 1.54) is 24.0 Å². The lowest BCUT2D eigenvalue weighted by molar-refractivity contribution is -0.128. The number of hydrogen-bond donors (Lipinski definition) is 1. The van der Waals surface area contributed by atoms with Crippen LogP contribution in [0.2, 0.25) is 0 Å². The van der Waals surface area contributed by atoms with Crippen LogP contribution in [-0.4, -0.2) is 30.4 Å². The van der Waals surface area contributed by atoms with Gasteiger partial charge in [-0.3, -0.25) is 9.69 Å². The molecule has 0 aliphatic carbocycles. The van der Waals surface area contributed by atoms with Crippen molar-refractivity contribution in [1.82, 2.24) is 10.2 Å². The molecule has 1 aliphatic heterocycles. The molecule has 134 valence electrons. The number of hydrogen-bond acceptors (Lipinski definition) is 2. The summed E-state index contributed by atoms with van der Waals surface area (Å²) >= 11 is 0. The van der Waals surface area contributed by atoms with Crippen LogP contribution in [-0.2, 0) is 11.3 Å². The van der Waals surface area contributed by atoms with Gasteiger partial charge in [0.15, 0.2) is 0 Å². The van der Waals surface area contributed by atoms with Gasteiger partial charge in [0.25, 0.3) is 0 Å². The molecule has 1 amide bonds. The molecule has 3 nitrogen and oxygen atoms in total. The second kappa shape index (κ2) is 8.15. The summed E-state index contributed by atoms with van der Waals surface area (Å²) in [4.78, 5) is 14.6. The maximum absolute atomic E-state index is 12.0. The van der Waals surface area contributed by atoms with Crippen LogP contribution < -0.4 is 5.32 Å². The van der Waals surface area contributed by atoms with Crippen molar-refractivity contribution >= 4 is 5.91 Å². The lowest BCUT2D eigenvalue weighted by atomic mass is 9.94. The predicted octanol–water partition coefficient (Wildman–Crippen LogP) is 4.18. The van der Waals surface area contributed by atoms with Gasteiger partial charge in [-0.2, -0.15) is 0 Å². The molecule has 1 aromatic rings. The van der Waals surface area contributed by atoms with Gasteiger partial charge in [-0.05, 0) is 42.3 Å². The zero-order valence-electron chi connectivity index (χ0n) is 16.1. The van der Waals surface area contributed by atoms with Crippen LogP contribution in [0.5, 0.6) is 0 Å². The Bertz CT molecular complexity index is 528. The standard InChI is InChI=1S/C21H34N2O/c1-16(2)19-10-8-17(9-11-19)14-23-12-6-7-18(15-23)13-22-20(24)21(3,4)5/h8-11,16,18H,6-7,12-15H2,1-5H3,(H,22,24). The fourth-order valence-electron chi connectivity index (χ4n) is 3.23. The Morgan fingerprint density at radius 1 is 1.25 bits per heavy atom. The van der Waals surface area contributed by atoms with Crippen LogP contribution in [0.15, 0.2) is 24.3 Å². The molecule has 2 rings (SSSR count). The Kier molecular flexibility index (Phi) is 6.45. The highest BCUT2D eigenvalue weighted by molar-refractivity contribution is 5.81. The van der Waals surface area contributed by atoms with Crippen LogP contribution in [0.25, 0.3) is 0 Å². The smallest absolute Gasteiger partial charge is 0.225 e. The Morgan fingerprint density at radius 2 is 1.92 bits per heavy atom. The van der Waals surface area contributed by atoms with Gasteiger partial charge in [0, 0.05) is 25.0 Å². The molecule has 3 heteroatoms. The normalized spacial score (nSPS) is 19.5. The Labute approximate surface area is 147 Å². The quantitative estimate of drug-likeness (QED) is 0.878. The van der Waals surface area contributed by atoms with E-state index in [2.05, 4.69) is 48.3 Å². The van der Waals surface area contributed by atoms with E-state index < -0.39 is 0 Å². The van der Waals surface area contributed by atoms with Crippen molar-refractivity contribution in [3.8, 4) is 0 Å². The van der Waals surface area contributed by atoms with Crippen molar-refractivity contribution in [2.45, 2.75) is 59.9 Å². The first kappa shape index (κ1) is 19.0. The predicted molar refractivity (Wildman–Crippen MR) is 101 cm³/mol. The third-order valence-corrected chi connectivity index (χ3v) is 4.89. The molecule has 0 saturated carbocycles. The molecule has 0 bridgehead atoms. The van der Waals surface area contributed by atoms with Gasteiger partial charge in [0.2, 0.25) is 5.91 Å². The van der Waals surface area contributed by atoms with E-state index in [0.29, 0.717) is 11.8 Å². The van der Waals surface area contributed by atoms with Gasteiger partial charge in [0.1, 0.15) is 0 Å². The van der Waals surface area contributed by atoms with E-state index in [9.17, 15) is 4.79 Å². The molecule has 1 aromatic carbocycles. The van der Waals surface area contributed by atoms with Crippen molar-refractivity contribution < 1.29 is 4.79 Å². The van der Waals surface area contributed by atoms with Crippen molar-refractivity contribution in [3.63, 3.8) is 0 Å². The maximum Gasteiger partial charge on any atom is 0.225 e. The number of amides is 1. The molecule has 0 aromatic heterocycles. The first-order valence-corrected chi connectivity index (χ1v) is 9.35. The van der Waals surface area contributed by atoms with Crippen molar-refractivity contribution in [2.75, 3.05) is 19.6 Å². The van der Waals surface area contributed by atoms with Gasteiger partial charge < -0.3 is 5.32 Å². The van der Waals surface area contributed by atoms with Gasteiger partial charge in [-0.25, -0.2) is 0 Å². The summed E-state index contributed by atoms with van der Waals surface area (Å²) in [5, 5.41) is 3.13. The zero-order chi connectivity index (χ0) is 17.7. The number of carbonyl (C=O) groups is 1. The molecule has 0 spiro atoms. The number of rotatable bonds is 5. The lowest BCUT2D eigenvalue weighted by Crippen LogP contribution is -2.43. The SMILES string of the molecule is CC(C)c1ccc(CN2CCCC(CNC(=O)C(C)(C)C)C2)cc1. The highest BCUT2D eigenvalue weighted by Gasteiger charge is 2.24. The molecule has 1 aliphatic rings. The minimum atomic E-state index is -0.299. The van der Waals surface area contributed by atoms with Crippen LogP contribution >= 0.6 is 0 Å². The molecule has 1 fully saturated rings. The third kappa shape index (κ3) is 5.62. The van der Waals surface area contributed by atoms with Gasteiger partial charge in [-0.15, -0.1) is 0 Å². The highest BCUT2D eigenvalue weighted by atomic mass is 16.2. The van der Waals surface area contributed by atoms with Crippen LogP contribution in [0.4, 0.5) is 0 Å². The number of nitrogens with zero attached hydrogens (tertiary/aromatic N) is 1. The summed E-state index contributed by atoms with van der Waals surface area (Å²) in [6.45, 7) is 14.4. The summed E-state index contributed by atoms with van der Waals surface area (Å²) in [7, 11) is 0. The monoisotopic (exact) mass is 330 g/mol. The number of piperidine rings is 1. The molecule has 1 unspecified atom stereocenters. The van der Waals surface area contributed by atoms with E-state index in [1.54, 1.807) is 0 Å². The Hall–Kier alpha value is -1.35. The summed E-state index contributed by atoms with van der Waals surface area (Å²) in [6, 6.07) is 9.04. The largest absolute Gasteiger partial charge is 0.355 e. The summed E-state index contributed by atoms with van der Waals surface area (Å²) in [5.74, 6) is 1.31. The molecular weight excluding hydrogens is 296 g/mol. The summed E-state index contributed by atoms with van der Waals surface area (Å²) in [6.07, 6.45) is 2.44. The average Bonchev–Trinajstić information content (AvgIpc) is 2.52. The second-order valence-corrected chi connectivity index (χ2v) is 8.60. The number of carbonyl (C=O) groups excluding carboxylic acids is 1. The van der Waals surface area contributed by atoms with Crippen LogP contribution in [0, 0.1) is 11.3 Å². The molecule has 1 atom stereocenters. The van der Waals surface area contributed by atoms with E-state index in [1.807, 2.05) is 20.8 Å². The maximum atomic E-state index is 12.0. The van der Waals surface area contributed by atoms with E-state index in [0.717, 1.165) is 26.2 Å². The van der Waals surface area contributed by atoms with Crippen LogP contribution in [0.3, 0.4) is 0 Å². The third-order valence-electron chi connectivity index (χ3n) is 4.89. The fourth-order valence-corrected chi connectivity index (χ4v) is 3.23. The Balaban J connectivity index is 1.83. The van der Waals surface area contributed by atoms with Crippen molar-refractivity contribution in [1.29, 1.82) is 0 Å².